The van der Waals surface area contributed by atoms with Crippen LogP contribution in [0.3, 0.4) is 0 Å². The van der Waals surface area contributed by atoms with Crippen molar-refractivity contribution in [3.63, 3.8) is 0 Å². The Kier molecular flexibility index (Phi) is 5.61. The van der Waals surface area contributed by atoms with Crippen molar-refractivity contribution in [2.45, 2.75) is 32.1 Å². The van der Waals surface area contributed by atoms with E-state index in [1.807, 2.05) is 30.3 Å². The molecule has 1 aromatic carbocycles. The summed E-state index contributed by atoms with van der Waals surface area (Å²) in [6.45, 7) is 0.863. The van der Waals surface area contributed by atoms with Gasteiger partial charge < -0.3 is 9.47 Å². The van der Waals surface area contributed by atoms with Gasteiger partial charge in [0.15, 0.2) is 0 Å². The summed E-state index contributed by atoms with van der Waals surface area (Å²) in [5.41, 5.74) is 1.77. The number of benzene rings is 1. The molecule has 0 saturated carbocycles. The van der Waals surface area contributed by atoms with Gasteiger partial charge in [0, 0.05) is 18.9 Å². The SMILES string of the molecule is O=C(OCc1ccncc1)[C@@H]1CCCN1C(=O)OCc1ccccc1. The molecule has 1 aliphatic rings. The third-order valence-electron chi connectivity index (χ3n) is 4.09. The van der Waals surface area contributed by atoms with Gasteiger partial charge in [0.1, 0.15) is 19.3 Å². The molecule has 0 spiro atoms. The average Bonchev–Trinajstić information content (AvgIpc) is 3.16. The summed E-state index contributed by atoms with van der Waals surface area (Å²) in [4.78, 5) is 30.0. The number of amides is 1. The smallest absolute Gasteiger partial charge is 0.410 e. The van der Waals surface area contributed by atoms with E-state index in [0.717, 1.165) is 17.5 Å². The van der Waals surface area contributed by atoms with Gasteiger partial charge in [0.25, 0.3) is 0 Å². The molecule has 3 rings (SSSR count). The Labute approximate surface area is 146 Å². The van der Waals surface area contributed by atoms with Crippen LogP contribution in [0.2, 0.25) is 0 Å². The van der Waals surface area contributed by atoms with E-state index in [-0.39, 0.29) is 13.2 Å². The molecule has 1 fully saturated rings. The lowest BCUT2D eigenvalue weighted by atomic mass is 10.2. The van der Waals surface area contributed by atoms with E-state index in [1.165, 1.54) is 4.90 Å². The van der Waals surface area contributed by atoms with Gasteiger partial charge in [-0.3, -0.25) is 9.88 Å². The first-order valence-corrected chi connectivity index (χ1v) is 8.27. The van der Waals surface area contributed by atoms with Crippen molar-refractivity contribution in [3.8, 4) is 0 Å². The molecule has 25 heavy (non-hydrogen) atoms. The second kappa shape index (κ2) is 8.28. The van der Waals surface area contributed by atoms with Crippen molar-refractivity contribution in [1.29, 1.82) is 0 Å². The van der Waals surface area contributed by atoms with E-state index in [9.17, 15) is 9.59 Å². The number of ether oxygens (including phenoxy) is 2. The highest BCUT2D eigenvalue weighted by Crippen LogP contribution is 2.20. The van der Waals surface area contributed by atoms with Gasteiger partial charge in [-0.05, 0) is 36.1 Å². The molecule has 6 heteroatoms. The highest BCUT2D eigenvalue weighted by atomic mass is 16.6. The third kappa shape index (κ3) is 4.56. The first-order chi connectivity index (χ1) is 12.2. The maximum atomic E-state index is 12.3. The highest BCUT2D eigenvalue weighted by molar-refractivity contribution is 5.82. The van der Waals surface area contributed by atoms with Gasteiger partial charge in [-0.25, -0.2) is 9.59 Å². The van der Waals surface area contributed by atoms with Crippen molar-refractivity contribution in [3.05, 3.63) is 66.0 Å². The Bertz CT molecular complexity index is 644. The summed E-state index contributed by atoms with van der Waals surface area (Å²) in [6, 6.07) is 12.4. The molecule has 1 aromatic heterocycles. The number of carbonyl (C=O) groups is 2. The van der Waals surface area contributed by atoms with E-state index in [0.29, 0.717) is 13.0 Å². The quantitative estimate of drug-likeness (QED) is 0.783. The number of aromatic nitrogens is 1. The van der Waals surface area contributed by atoms with Gasteiger partial charge >= 0.3 is 12.1 Å². The number of nitrogens with zero attached hydrogens (tertiary/aromatic N) is 2. The Balaban J connectivity index is 1.52. The number of rotatable bonds is 5. The fraction of sp³-hybridized carbons (Fsp3) is 0.316. The Morgan fingerprint density at radius 2 is 1.68 bits per heavy atom. The molecule has 6 nitrogen and oxygen atoms in total. The monoisotopic (exact) mass is 340 g/mol. The molecule has 0 unspecified atom stereocenters. The standard InChI is InChI=1S/C19H20N2O4/c22-18(24-13-16-8-10-20-11-9-16)17-7-4-12-21(17)19(23)25-14-15-5-2-1-3-6-15/h1-3,5-6,8-11,17H,4,7,12-14H2/t17-/m0/s1. The highest BCUT2D eigenvalue weighted by Gasteiger charge is 2.36. The van der Waals surface area contributed by atoms with E-state index in [1.54, 1.807) is 24.5 Å². The molecule has 130 valence electrons. The lowest BCUT2D eigenvalue weighted by Gasteiger charge is -2.22. The minimum absolute atomic E-state index is 0.171. The summed E-state index contributed by atoms with van der Waals surface area (Å²) in [6.07, 6.45) is 4.16. The minimum atomic E-state index is -0.579. The zero-order valence-corrected chi connectivity index (χ0v) is 13.8. The minimum Gasteiger partial charge on any atom is -0.459 e. The largest absolute Gasteiger partial charge is 0.459 e. The Morgan fingerprint density at radius 1 is 1.00 bits per heavy atom. The van der Waals surface area contributed by atoms with Crippen LogP contribution in [0.25, 0.3) is 0 Å². The van der Waals surface area contributed by atoms with Crippen molar-refractivity contribution in [2.24, 2.45) is 0 Å². The Morgan fingerprint density at radius 3 is 2.44 bits per heavy atom. The summed E-state index contributed by atoms with van der Waals surface area (Å²) in [7, 11) is 0. The van der Waals surface area contributed by atoms with Crippen molar-refractivity contribution in [2.75, 3.05) is 6.54 Å². The maximum absolute atomic E-state index is 12.3. The molecule has 0 bridgehead atoms. The maximum Gasteiger partial charge on any atom is 0.410 e. The van der Waals surface area contributed by atoms with Crippen LogP contribution in [0.1, 0.15) is 24.0 Å². The van der Waals surface area contributed by atoms with E-state index >= 15 is 0 Å². The summed E-state index contributed by atoms with van der Waals surface area (Å²) in [5, 5.41) is 0. The van der Waals surface area contributed by atoms with E-state index in [2.05, 4.69) is 4.98 Å². The second-order valence-corrected chi connectivity index (χ2v) is 5.85. The average molecular weight is 340 g/mol. The third-order valence-corrected chi connectivity index (χ3v) is 4.09. The molecule has 0 N–H and O–H groups in total. The fourth-order valence-corrected chi connectivity index (χ4v) is 2.76. The van der Waals surface area contributed by atoms with Crippen LogP contribution in [-0.4, -0.2) is 34.5 Å². The van der Waals surface area contributed by atoms with Gasteiger partial charge in [0.05, 0.1) is 0 Å². The molecule has 1 saturated heterocycles. The summed E-state index contributed by atoms with van der Waals surface area (Å²) in [5.74, 6) is -0.397. The molecule has 2 heterocycles. The molecule has 2 aromatic rings. The zero-order valence-electron chi connectivity index (χ0n) is 13.8. The van der Waals surface area contributed by atoms with Crippen molar-refractivity contribution in [1.82, 2.24) is 9.88 Å². The van der Waals surface area contributed by atoms with Crippen LogP contribution >= 0.6 is 0 Å². The molecule has 0 aliphatic carbocycles. The van der Waals surface area contributed by atoms with E-state index < -0.39 is 18.1 Å². The van der Waals surface area contributed by atoms with Crippen LogP contribution in [0.5, 0.6) is 0 Å². The number of likely N-dealkylation sites (tertiary alicyclic amines) is 1. The summed E-state index contributed by atoms with van der Waals surface area (Å²) >= 11 is 0. The second-order valence-electron chi connectivity index (χ2n) is 5.85. The number of carbonyl (C=O) groups excluding carboxylic acids is 2. The van der Waals surface area contributed by atoms with Gasteiger partial charge in [-0.2, -0.15) is 0 Å². The van der Waals surface area contributed by atoms with Gasteiger partial charge in [-0.1, -0.05) is 30.3 Å². The molecule has 1 amide bonds. The number of pyridine rings is 1. The van der Waals surface area contributed by atoms with Gasteiger partial charge in [0.2, 0.25) is 0 Å². The molecular weight excluding hydrogens is 320 g/mol. The first-order valence-electron chi connectivity index (χ1n) is 8.27. The van der Waals surface area contributed by atoms with E-state index in [4.69, 9.17) is 9.47 Å². The topological polar surface area (TPSA) is 68.7 Å². The molecule has 0 radical (unpaired) electrons. The molecule has 1 aliphatic heterocycles. The predicted octanol–water partition coefficient (Wildman–Crippen LogP) is 2.93. The number of esters is 1. The van der Waals surface area contributed by atoms with Crippen LogP contribution in [0.15, 0.2) is 54.9 Å². The fourth-order valence-electron chi connectivity index (χ4n) is 2.76. The molecule has 1 atom stereocenters. The van der Waals surface area contributed by atoms with Crippen LogP contribution in [-0.2, 0) is 27.5 Å². The van der Waals surface area contributed by atoms with Gasteiger partial charge in [-0.15, -0.1) is 0 Å². The van der Waals surface area contributed by atoms with Crippen LogP contribution in [0.4, 0.5) is 4.79 Å². The van der Waals surface area contributed by atoms with Crippen LogP contribution < -0.4 is 0 Å². The zero-order chi connectivity index (χ0) is 17.5. The lowest BCUT2D eigenvalue weighted by molar-refractivity contribution is -0.149. The first kappa shape index (κ1) is 17.0. The summed E-state index contributed by atoms with van der Waals surface area (Å²) < 4.78 is 10.7. The Hall–Kier alpha value is -2.89. The number of hydrogen-bond donors (Lipinski definition) is 0. The lowest BCUT2D eigenvalue weighted by Crippen LogP contribution is -2.41. The normalized spacial score (nSPS) is 16.5. The predicted molar refractivity (Wildman–Crippen MR) is 90.4 cm³/mol. The van der Waals surface area contributed by atoms with Crippen LogP contribution in [0, 0.1) is 0 Å². The number of hydrogen-bond acceptors (Lipinski definition) is 5. The van der Waals surface area contributed by atoms with Crippen molar-refractivity contribution < 1.29 is 19.1 Å². The molecular formula is C19H20N2O4. The van der Waals surface area contributed by atoms with Crippen molar-refractivity contribution >= 4 is 12.1 Å².